The number of oxazole rings is 1. The molecular weight excluding hydrogens is 320 g/mol. The molecule has 2 aromatic rings. The van der Waals surface area contributed by atoms with Crippen molar-refractivity contribution in [3.05, 3.63) is 36.4 Å². The van der Waals surface area contributed by atoms with Crippen molar-refractivity contribution in [3.63, 3.8) is 0 Å². The van der Waals surface area contributed by atoms with Gasteiger partial charge in [0.2, 0.25) is 5.89 Å². The van der Waals surface area contributed by atoms with Gasteiger partial charge in [0.15, 0.2) is 12.1 Å². The maximum absolute atomic E-state index is 5.95. The van der Waals surface area contributed by atoms with Crippen LogP contribution in [-0.4, -0.2) is 49.6 Å². The first-order valence-electron chi connectivity index (χ1n) is 8.86. The van der Waals surface area contributed by atoms with Crippen LogP contribution in [0.2, 0.25) is 0 Å². The van der Waals surface area contributed by atoms with Crippen LogP contribution in [0.25, 0.3) is 11.3 Å². The molecule has 0 amide bonds. The molecule has 2 fully saturated rings. The normalized spacial score (nSPS) is 22.4. The molecule has 0 bridgehead atoms. The molecule has 0 saturated carbocycles. The summed E-state index contributed by atoms with van der Waals surface area (Å²) in [5.41, 5.74) is 1.00. The van der Waals surface area contributed by atoms with Crippen LogP contribution < -0.4 is 4.74 Å². The summed E-state index contributed by atoms with van der Waals surface area (Å²) < 4.78 is 22.5. The molecule has 1 aromatic carbocycles. The van der Waals surface area contributed by atoms with Gasteiger partial charge in [-0.1, -0.05) is 0 Å². The molecule has 0 spiro atoms. The van der Waals surface area contributed by atoms with Crippen molar-refractivity contribution in [2.45, 2.75) is 25.7 Å². The van der Waals surface area contributed by atoms with Crippen LogP contribution in [-0.2, 0) is 16.0 Å². The Kier molecular flexibility index (Phi) is 5.01. The number of rotatable bonds is 5. The highest BCUT2D eigenvalue weighted by atomic mass is 16.7. The first kappa shape index (κ1) is 16.6. The lowest BCUT2D eigenvalue weighted by molar-refractivity contribution is -0.101. The molecule has 1 unspecified atom stereocenters. The molecule has 25 heavy (non-hydrogen) atoms. The average molecular weight is 344 g/mol. The van der Waals surface area contributed by atoms with E-state index in [1.807, 2.05) is 24.3 Å². The number of likely N-dealkylation sites (tertiary alicyclic amines) is 1. The first-order chi connectivity index (χ1) is 12.3. The van der Waals surface area contributed by atoms with Gasteiger partial charge in [-0.2, -0.15) is 0 Å². The minimum absolute atomic E-state index is 0.0396. The Bertz CT molecular complexity index is 679. The van der Waals surface area contributed by atoms with E-state index in [1.165, 1.54) is 0 Å². The maximum atomic E-state index is 5.95. The number of hydrogen-bond acceptors (Lipinski definition) is 6. The number of hydrogen-bond donors (Lipinski definition) is 0. The highest BCUT2D eigenvalue weighted by Gasteiger charge is 2.31. The van der Waals surface area contributed by atoms with Crippen LogP contribution >= 0.6 is 0 Å². The molecule has 4 rings (SSSR count). The topological polar surface area (TPSA) is 57.0 Å². The SMILES string of the molecule is COc1ccc(-c2cnc(CN3CCCC(C4OCCO4)C3)o2)cc1. The van der Waals surface area contributed by atoms with E-state index in [0.717, 1.165) is 55.4 Å². The second kappa shape index (κ2) is 7.56. The van der Waals surface area contributed by atoms with Gasteiger partial charge in [-0.25, -0.2) is 4.98 Å². The van der Waals surface area contributed by atoms with E-state index in [0.29, 0.717) is 19.1 Å². The Balaban J connectivity index is 1.38. The summed E-state index contributed by atoms with van der Waals surface area (Å²) in [6.45, 7) is 4.17. The van der Waals surface area contributed by atoms with Crippen molar-refractivity contribution >= 4 is 0 Å². The van der Waals surface area contributed by atoms with Gasteiger partial charge in [0.05, 0.1) is 33.1 Å². The van der Waals surface area contributed by atoms with Crippen molar-refractivity contribution in [3.8, 4) is 17.1 Å². The summed E-state index contributed by atoms with van der Waals surface area (Å²) in [5.74, 6) is 2.81. The fourth-order valence-electron chi connectivity index (χ4n) is 3.57. The third-order valence-electron chi connectivity index (χ3n) is 4.86. The molecule has 0 N–H and O–H groups in total. The van der Waals surface area contributed by atoms with Crippen LogP contribution in [0.1, 0.15) is 18.7 Å². The molecule has 6 nitrogen and oxygen atoms in total. The lowest BCUT2D eigenvalue weighted by Crippen LogP contribution is -2.40. The summed E-state index contributed by atoms with van der Waals surface area (Å²) in [6, 6.07) is 7.81. The minimum Gasteiger partial charge on any atom is -0.497 e. The Labute approximate surface area is 147 Å². The molecule has 1 aromatic heterocycles. The minimum atomic E-state index is -0.0396. The molecule has 2 aliphatic rings. The number of benzene rings is 1. The Morgan fingerprint density at radius 1 is 1.20 bits per heavy atom. The van der Waals surface area contributed by atoms with Gasteiger partial charge in [0.25, 0.3) is 0 Å². The Hall–Kier alpha value is -1.89. The van der Waals surface area contributed by atoms with E-state index in [-0.39, 0.29) is 6.29 Å². The quantitative estimate of drug-likeness (QED) is 0.831. The lowest BCUT2D eigenvalue weighted by atomic mass is 9.97. The standard InChI is InChI=1S/C19H24N2O4/c1-22-16-6-4-14(5-7-16)17-11-20-18(25-17)13-21-8-2-3-15(12-21)19-23-9-10-24-19/h4-7,11,15,19H,2-3,8-10,12-13H2,1H3. The average Bonchev–Trinajstić information content (AvgIpc) is 3.34. The van der Waals surface area contributed by atoms with E-state index >= 15 is 0 Å². The number of nitrogens with zero attached hydrogens (tertiary/aromatic N) is 2. The van der Waals surface area contributed by atoms with Gasteiger partial charge in [-0.3, -0.25) is 4.90 Å². The Morgan fingerprint density at radius 2 is 2.00 bits per heavy atom. The summed E-state index contributed by atoms with van der Waals surface area (Å²) in [7, 11) is 1.66. The molecule has 2 saturated heterocycles. The molecule has 0 aliphatic carbocycles. The fraction of sp³-hybridized carbons (Fsp3) is 0.526. The van der Waals surface area contributed by atoms with Crippen LogP contribution in [0.5, 0.6) is 5.75 Å². The van der Waals surface area contributed by atoms with Gasteiger partial charge in [0, 0.05) is 18.0 Å². The van der Waals surface area contributed by atoms with Crippen molar-refractivity contribution in [1.29, 1.82) is 0 Å². The fourth-order valence-corrected chi connectivity index (χ4v) is 3.57. The summed E-state index contributed by atoms with van der Waals surface area (Å²) >= 11 is 0. The number of methoxy groups -OCH3 is 1. The number of aromatic nitrogens is 1. The molecule has 3 heterocycles. The monoisotopic (exact) mass is 344 g/mol. The number of piperidine rings is 1. The highest BCUT2D eigenvalue weighted by molar-refractivity contribution is 5.57. The van der Waals surface area contributed by atoms with Crippen molar-refractivity contribution in [2.24, 2.45) is 5.92 Å². The van der Waals surface area contributed by atoms with Gasteiger partial charge in [-0.05, 0) is 43.7 Å². The third kappa shape index (κ3) is 3.86. The van der Waals surface area contributed by atoms with Gasteiger partial charge >= 0.3 is 0 Å². The van der Waals surface area contributed by atoms with Gasteiger partial charge in [-0.15, -0.1) is 0 Å². The van der Waals surface area contributed by atoms with Crippen molar-refractivity contribution in [2.75, 3.05) is 33.4 Å². The lowest BCUT2D eigenvalue weighted by Gasteiger charge is -2.33. The molecule has 6 heteroatoms. The van der Waals surface area contributed by atoms with Crippen LogP contribution in [0, 0.1) is 5.92 Å². The van der Waals surface area contributed by atoms with Crippen molar-refractivity contribution < 1.29 is 18.6 Å². The van der Waals surface area contributed by atoms with Crippen LogP contribution in [0.15, 0.2) is 34.9 Å². The van der Waals surface area contributed by atoms with Gasteiger partial charge in [0.1, 0.15) is 5.75 Å². The van der Waals surface area contributed by atoms with E-state index < -0.39 is 0 Å². The van der Waals surface area contributed by atoms with E-state index in [2.05, 4.69) is 9.88 Å². The third-order valence-corrected chi connectivity index (χ3v) is 4.86. The second-order valence-electron chi connectivity index (χ2n) is 6.59. The zero-order chi connectivity index (χ0) is 17.1. The predicted octanol–water partition coefficient (Wildman–Crippen LogP) is 2.94. The highest BCUT2D eigenvalue weighted by Crippen LogP contribution is 2.27. The first-order valence-corrected chi connectivity index (χ1v) is 8.86. The summed E-state index contributed by atoms with van der Waals surface area (Å²) in [5, 5.41) is 0. The predicted molar refractivity (Wildman–Crippen MR) is 92.2 cm³/mol. The number of ether oxygens (including phenoxy) is 3. The van der Waals surface area contributed by atoms with E-state index in [9.17, 15) is 0 Å². The smallest absolute Gasteiger partial charge is 0.209 e. The van der Waals surface area contributed by atoms with Gasteiger partial charge < -0.3 is 18.6 Å². The van der Waals surface area contributed by atoms with E-state index in [4.69, 9.17) is 18.6 Å². The largest absolute Gasteiger partial charge is 0.497 e. The van der Waals surface area contributed by atoms with Crippen LogP contribution in [0.3, 0.4) is 0 Å². The van der Waals surface area contributed by atoms with E-state index in [1.54, 1.807) is 13.3 Å². The second-order valence-corrected chi connectivity index (χ2v) is 6.59. The summed E-state index contributed by atoms with van der Waals surface area (Å²) in [6.07, 6.45) is 4.06. The summed E-state index contributed by atoms with van der Waals surface area (Å²) in [4.78, 5) is 6.83. The Morgan fingerprint density at radius 3 is 2.76 bits per heavy atom. The molecular formula is C19H24N2O4. The zero-order valence-corrected chi connectivity index (χ0v) is 14.5. The molecule has 1 atom stereocenters. The zero-order valence-electron chi connectivity index (χ0n) is 14.5. The molecule has 0 radical (unpaired) electrons. The van der Waals surface area contributed by atoms with Crippen molar-refractivity contribution in [1.82, 2.24) is 9.88 Å². The maximum Gasteiger partial charge on any atom is 0.209 e. The molecule has 134 valence electrons. The molecule has 2 aliphatic heterocycles. The van der Waals surface area contributed by atoms with Crippen LogP contribution in [0.4, 0.5) is 0 Å².